The van der Waals surface area contributed by atoms with Gasteiger partial charge in [0, 0.05) is 6.20 Å². The van der Waals surface area contributed by atoms with Gasteiger partial charge in [-0.3, -0.25) is 9.78 Å². The monoisotopic (exact) mass is 219 g/mol. The Kier molecular flexibility index (Phi) is 4.39. The van der Waals surface area contributed by atoms with E-state index in [0.29, 0.717) is 5.69 Å². The number of carbonyl (C=O) groups excluding carboxylic acids is 2. The van der Waals surface area contributed by atoms with Crippen molar-refractivity contribution in [2.24, 2.45) is 0 Å². The molecule has 0 radical (unpaired) electrons. The third kappa shape index (κ3) is 3.31. The number of hydrogen-bond donors (Lipinski definition) is 0. The molecule has 0 aliphatic rings. The highest BCUT2D eigenvalue weighted by Gasteiger charge is 2.15. The standard InChI is InChI=1S/C12H13NO3/c1-3-16-12(15)11(9(2)14)8-10-6-4-5-7-13-10/h4-8H,3H2,1-2H3/b11-8-. The van der Waals surface area contributed by atoms with Crippen LogP contribution < -0.4 is 0 Å². The predicted molar refractivity (Wildman–Crippen MR) is 59.5 cm³/mol. The van der Waals surface area contributed by atoms with E-state index in [9.17, 15) is 9.59 Å². The number of aromatic nitrogens is 1. The van der Waals surface area contributed by atoms with E-state index in [1.165, 1.54) is 13.0 Å². The van der Waals surface area contributed by atoms with Gasteiger partial charge in [-0.15, -0.1) is 0 Å². The SMILES string of the molecule is CCOC(=O)/C(=C\c1ccccn1)C(C)=O. The van der Waals surface area contributed by atoms with Crippen LogP contribution in [-0.2, 0) is 14.3 Å². The Balaban J connectivity index is 2.99. The van der Waals surface area contributed by atoms with Gasteiger partial charge in [-0.2, -0.15) is 0 Å². The first-order chi connectivity index (χ1) is 7.65. The normalized spacial score (nSPS) is 11.0. The van der Waals surface area contributed by atoms with E-state index in [-0.39, 0.29) is 18.0 Å². The van der Waals surface area contributed by atoms with Crippen molar-refractivity contribution in [2.45, 2.75) is 13.8 Å². The number of nitrogens with zero attached hydrogens (tertiary/aromatic N) is 1. The van der Waals surface area contributed by atoms with Crippen LogP contribution in [0.1, 0.15) is 19.5 Å². The van der Waals surface area contributed by atoms with Gasteiger partial charge in [-0.05, 0) is 32.1 Å². The fraction of sp³-hybridized carbons (Fsp3) is 0.250. The largest absolute Gasteiger partial charge is 0.462 e. The highest BCUT2D eigenvalue weighted by Crippen LogP contribution is 2.07. The van der Waals surface area contributed by atoms with Crippen molar-refractivity contribution in [3.63, 3.8) is 0 Å². The summed E-state index contributed by atoms with van der Waals surface area (Å²) in [4.78, 5) is 26.7. The Bertz CT molecular complexity index is 410. The van der Waals surface area contributed by atoms with Crippen molar-refractivity contribution in [1.82, 2.24) is 4.98 Å². The predicted octanol–water partition coefficient (Wildman–Crippen LogP) is 1.62. The number of esters is 1. The van der Waals surface area contributed by atoms with Crippen LogP contribution in [0, 0.1) is 0 Å². The average Bonchev–Trinajstić information content (AvgIpc) is 2.27. The van der Waals surface area contributed by atoms with Gasteiger partial charge in [0.1, 0.15) is 5.57 Å². The van der Waals surface area contributed by atoms with E-state index in [0.717, 1.165) is 0 Å². The highest BCUT2D eigenvalue weighted by molar-refractivity contribution is 6.19. The van der Waals surface area contributed by atoms with E-state index in [2.05, 4.69) is 4.98 Å². The zero-order chi connectivity index (χ0) is 12.0. The van der Waals surface area contributed by atoms with Gasteiger partial charge in [0.15, 0.2) is 5.78 Å². The van der Waals surface area contributed by atoms with Gasteiger partial charge in [0.25, 0.3) is 0 Å². The summed E-state index contributed by atoms with van der Waals surface area (Å²) in [6.45, 7) is 3.26. The molecule has 1 aromatic rings. The Morgan fingerprint density at radius 2 is 2.19 bits per heavy atom. The summed E-state index contributed by atoms with van der Waals surface area (Å²) in [5, 5.41) is 0. The minimum atomic E-state index is -0.611. The summed E-state index contributed by atoms with van der Waals surface area (Å²) in [5.74, 6) is -0.940. The number of ketones is 1. The van der Waals surface area contributed by atoms with Crippen molar-refractivity contribution in [3.8, 4) is 0 Å². The second kappa shape index (κ2) is 5.80. The van der Waals surface area contributed by atoms with Crippen molar-refractivity contribution in [3.05, 3.63) is 35.7 Å². The van der Waals surface area contributed by atoms with Gasteiger partial charge >= 0.3 is 5.97 Å². The summed E-state index contributed by atoms with van der Waals surface area (Å²) in [5.41, 5.74) is 0.571. The molecular formula is C12H13NO3. The molecule has 0 N–H and O–H groups in total. The molecule has 0 bridgehead atoms. The van der Waals surface area contributed by atoms with E-state index in [4.69, 9.17) is 4.74 Å². The van der Waals surface area contributed by atoms with Gasteiger partial charge in [-0.1, -0.05) is 6.07 Å². The fourth-order valence-electron chi connectivity index (χ4n) is 1.12. The van der Waals surface area contributed by atoms with Gasteiger partial charge in [-0.25, -0.2) is 4.79 Å². The topological polar surface area (TPSA) is 56.3 Å². The van der Waals surface area contributed by atoms with E-state index >= 15 is 0 Å². The molecule has 16 heavy (non-hydrogen) atoms. The first-order valence-corrected chi connectivity index (χ1v) is 4.96. The van der Waals surface area contributed by atoms with Crippen LogP contribution in [0.25, 0.3) is 6.08 Å². The lowest BCUT2D eigenvalue weighted by Gasteiger charge is -2.02. The molecule has 0 atom stereocenters. The van der Waals surface area contributed by atoms with Gasteiger partial charge in [0.05, 0.1) is 12.3 Å². The third-order valence-corrected chi connectivity index (χ3v) is 1.85. The third-order valence-electron chi connectivity index (χ3n) is 1.85. The summed E-state index contributed by atoms with van der Waals surface area (Å²) < 4.78 is 4.78. The first kappa shape index (κ1) is 12.1. The first-order valence-electron chi connectivity index (χ1n) is 4.96. The highest BCUT2D eigenvalue weighted by atomic mass is 16.5. The lowest BCUT2D eigenvalue weighted by atomic mass is 10.1. The maximum Gasteiger partial charge on any atom is 0.341 e. The smallest absolute Gasteiger partial charge is 0.341 e. The lowest BCUT2D eigenvalue weighted by molar-refractivity contribution is -0.139. The molecule has 1 aromatic heterocycles. The van der Waals surface area contributed by atoms with E-state index in [1.807, 2.05) is 0 Å². The van der Waals surface area contributed by atoms with Crippen LogP contribution in [-0.4, -0.2) is 23.3 Å². The number of hydrogen-bond acceptors (Lipinski definition) is 4. The summed E-state index contributed by atoms with van der Waals surface area (Å²) in [7, 11) is 0. The van der Waals surface area contributed by atoms with Crippen molar-refractivity contribution in [1.29, 1.82) is 0 Å². The molecule has 0 aromatic carbocycles. The Morgan fingerprint density at radius 3 is 2.69 bits per heavy atom. The number of rotatable bonds is 4. The van der Waals surface area contributed by atoms with Crippen molar-refractivity contribution < 1.29 is 14.3 Å². The van der Waals surface area contributed by atoms with Gasteiger partial charge < -0.3 is 4.74 Å². The number of Topliss-reactive ketones (excluding diaryl/α,β-unsaturated/α-hetero) is 1. The molecule has 4 nitrogen and oxygen atoms in total. The number of ether oxygens (including phenoxy) is 1. The molecule has 0 aliphatic heterocycles. The summed E-state index contributed by atoms with van der Waals surface area (Å²) >= 11 is 0. The van der Waals surface area contributed by atoms with Crippen LogP contribution in [0.5, 0.6) is 0 Å². The number of carbonyl (C=O) groups is 2. The maximum absolute atomic E-state index is 11.4. The molecule has 0 fully saturated rings. The molecule has 0 spiro atoms. The minimum absolute atomic E-state index is 0.0144. The van der Waals surface area contributed by atoms with Crippen LogP contribution in [0.3, 0.4) is 0 Å². The van der Waals surface area contributed by atoms with Gasteiger partial charge in [0.2, 0.25) is 0 Å². The van der Waals surface area contributed by atoms with Crippen LogP contribution in [0.2, 0.25) is 0 Å². The minimum Gasteiger partial charge on any atom is -0.462 e. The average molecular weight is 219 g/mol. The molecule has 0 aliphatic carbocycles. The summed E-state index contributed by atoms with van der Waals surface area (Å²) in [6, 6.07) is 5.25. The zero-order valence-corrected chi connectivity index (χ0v) is 9.27. The molecule has 0 amide bonds. The Morgan fingerprint density at radius 1 is 1.44 bits per heavy atom. The second-order valence-electron chi connectivity index (χ2n) is 3.09. The molecule has 0 unspecified atom stereocenters. The molecule has 1 heterocycles. The molecular weight excluding hydrogens is 206 g/mol. The van der Waals surface area contributed by atoms with Crippen LogP contribution in [0.15, 0.2) is 30.0 Å². The molecule has 0 saturated heterocycles. The Hall–Kier alpha value is -1.97. The van der Waals surface area contributed by atoms with E-state index in [1.54, 1.807) is 31.3 Å². The Labute approximate surface area is 94.0 Å². The fourth-order valence-corrected chi connectivity index (χ4v) is 1.12. The van der Waals surface area contributed by atoms with Crippen LogP contribution >= 0.6 is 0 Å². The lowest BCUT2D eigenvalue weighted by Crippen LogP contribution is -2.13. The molecule has 84 valence electrons. The van der Waals surface area contributed by atoms with Crippen LogP contribution in [0.4, 0.5) is 0 Å². The number of pyridine rings is 1. The van der Waals surface area contributed by atoms with Crippen molar-refractivity contribution >= 4 is 17.8 Å². The summed E-state index contributed by atoms with van der Waals surface area (Å²) in [6.07, 6.45) is 3.02. The quantitative estimate of drug-likeness (QED) is 0.334. The molecule has 1 rings (SSSR count). The second-order valence-corrected chi connectivity index (χ2v) is 3.09. The van der Waals surface area contributed by atoms with Crippen molar-refractivity contribution in [2.75, 3.05) is 6.61 Å². The molecule has 4 heteroatoms. The molecule has 0 saturated carbocycles. The van der Waals surface area contributed by atoms with E-state index < -0.39 is 5.97 Å². The maximum atomic E-state index is 11.4. The zero-order valence-electron chi connectivity index (χ0n) is 9.27.